The second-order valence-electron chi connectivity index (χ2n) is 6.22. The minimum atomic E-state index is -0.00618. The summed E-state index contributed by atoms with van der Waals surface area (Å²) in [5.41, 5.74) is 1.23. The Morgan fingerprint density at radius 1 is 0.962 bits per heavy atom. The molecule has 7 heteroatoms. The Balaban J connectivity index is 1.59. The lowest BCUT2D eigenvalue weighted by Crippen LogP contribution is -2.49. The van der Waals surface area contributed by atoms with E-state index in [1.807, 2.05) is 24.0 Å². The quantitative estimate of drug-likeness (QED) is 0.829. The van der Waals surface area contributed by atoms with E-state index in [-0.39, 0.29) is 11.7 Å². The van der Waals surface area contributed by atoms with Crippen LogP contribution >= 0.6 is 0 Å². The van der Waals surface area contributed by atoms with Crippen LogP contribution in [0.25, 0.3) is 0 Å². The van der Waals surface area contributed by atoms with E-state index >= 15 is 0 Å². The van der Waals surface area contributed by atoms with Crippen LogP contribution in [0.4, 0.5) is 11.6 Å². The summed E-state index contributed by atoms with van der Waals surface area (Å²) in [6.45, 7) is 7.03. The van der Waals surface area contributed by atoms with Crippen LogP contribution in [0.2, 0.25) is 0 Å². The molecule has 0 unspecified atom stereocenters. The number of hydrogen-bond acceptors (Lipinski definition) is 6. The second-order valence-corrected chi connectivity index (χ2v) is 6.22. The standard InChI is InChI=1S/C19H23N5O2/c1-3-20-17-8-9-18(22-21-17)23-10-12-24(13-11-23)19(26)16-6-4-15(5-7-16)14(2)25/h4-9H,3,10-13H2,1-2H3,(H,20,21). The molecule has 0 atom stereocenters. The first kappa shape index (κ1) is 17.8. The van der Waals surface area contributed by atoms with Crippen molar-refractivity contribution in [1.29, 1.82) is 0 Å². The van der Waals surface area contributed by atoms with E-state index in [1.54, 1.807) is 24.3 Å². The number of hydrogen-bond donors (Lipinski definition) is 1. The third-order valence-electron chi connectivity index (χ3n) is 4.44. The molecule has 26 heavy (non-hydrogen) atoms. The van der Waals surface area contributed by atoms with E-state index in [0.717, 1.165) is 18.2 Å². The van der Waals surface area contributed by atoms with Crippen molar-refractivity contribution < 1.29 is 9.59 Å². The van der Waals surface area contributed by atoms with Gasteiger partial charge in [-0.15, -0.1) is 10.2 Å². The highest BCUT2D eigenvalue weighted by Gasteiger charge is 2.23. The number of amides is 1. The second kappa shape index (κ2) is 7.95. The van der Waals surface area contributed by atoms with Gasteiger partial charge in [0, 0.05) is 43.9 Å². The number of nitrogens with zero attached hydrogens (tertiary/aromatic N) is 4. The maximum Gasteiger partial charge on any atom is 0.253 e. The molecule has 3 rings (SSSR count). The van der Waals surface area contributed by atoms with Crippen LogP contribution in [0.15, 0.2) is 36.4 Å². The lowest BCUT2D eigenvalue weighted by molar-refractivity contribution is 0.0746. The first-order valence-electron chi connectivity index (χ1n) is 8.81. The summed E-state index contributed by atoms with van der Waals surface area (Å²) in [5.74, 6) is 1.58. The van der Waals surface area contributed by atoms with E-state index in [1.165, 1.54) is 6.92 Å². The van der Waals surface area contributed by atoms with Crippen molar-refractivity contribution in [3.8, 4) is 0 Å². The van der Waals surface area contributed by atoms with Gasteiger partial charge in [-0.25, -0.2) is 0 Å². The maximum atomic E-state index is 12.6. The Labute approximate surface area is 153 Å². The van der Waals surface area contributed by atoms with Gasteiger partial charge in [0.05, 0.1) is 0 Å². The first-order chi connectivity index (χ1) is 12.6. The minimum absolute atomic E-state index is 0.00104. The topological polar surface area (TPSA) is 78.4 Å². The van der Waals surface area contributed by atoms with Gasteiger partial charge in [0.1, 0.15) is 5.82 Å². The van der Waals surface area contributed by atoms with Crippen LogP contribution in [0.1, 0.15) is 34.6 Å². The SMILES string of the molecule is CCNc1ccc(N2CCN(C(=O)c3ccc(C(C)=O)cc3)CC2)nn1. The summed E-state index contributed by atoms with van der Waals surface area (Å²) in [5, 5.41) is 11.5. The van der Waals surface area contributed by atoms with Gasteiger partial charge < -0.3 is 15.1 Å². The highest BCUT2D eigenvalue weighted by atomic mass is 16.2. The van der Waals surface area contributed by atoms with Gasteiger partial charge in [-0.1, -0.05) is 12.1 Å². The van der Waals surface area contributed by atoms with Crippen LogP contribution in [-0.4, -0.2) is 59.5 Å². The fourth-order valence-electron chi connectivity index (χ4n) is 2.94. The average Bonchev–Trinajstić information content (AvgIpc) is 2.68. The lowest BCUT2D eigenvalue weighted by atomic mass is 10.1. The predicted octanol–water partition coefficient (Wildman–Crippen LogP) is 2.07. The number of anilines is 2. The lowest BCUT2D eigenvalue weighted by Gasteiger charge is -2.35. The zero-order valence-electron chi connectivity index (χ0n) is 15.1. The van der Waals surface area contributed by atoms with E-state index in [9.17, 15) is 9.59 Å². The van der Waals surface area contributed by atoms with Crippen LogP contribution < -0.4 is 10.2 Å². The molecule has 1 fully saturated rings. The van der Waals surface area contributed by atoms with Gasteiger partial charge in [-0.05, 0) is 38.1 Å². The third-order valence-corrected chi connectivity index (χ3v) is 4.44. The monoisotopic (exact) mass is 353 g/mol. The Hall–Kier alpha value is -2.96. The molecule has 0 bridgehead atoms. The number of aromatic nitrogens is 2. The molecule has 0 spiro atoms. The Bertz CT molecular complexity index is 766. The molecular weight excluding hydrogens is 330 g/mol. The summed E-state index contributed by atoms with van der Waals surface area (Å²) < 4.78 is 0. The summed E-state index contributed by atoms with van der Waals surface area (Å²) in [7, 11) is 0. The predicted molar refractivity (Wildman–Crippen MR) is 101 cm³/mol. The van der Waals surface area contributed by atoms with E-state index in [4.69, 9.17) is 0 Å². The number of piperazine rings is 1. The van der Waals surface area contributed by atoms with E-state index in [2.05, 4.69) is 20.4 Å². The number of carbonyl (C=O) groups excluding carboxylic acids is 2. The van der Waals surface area contributed by atoms with Crippen molar-refractivity contribution in [3.63, 3.8) is 0 Å². The van der Waals surface area contributed by atoms with Gasteiger partial charge >= 0.3 is 0 Å². The van der Waals surface area contributed by atoms with Crippen LogP contribution in [0.5, 0.6) is 0 Å². The van der Waals surface area contributed by atoms with Gasteiger partial charge in [0.2, 0.25) is 0 Å². The average molecular weight is 353 g/mol. The van der Waals surface area contributed by atoms with Crippen molar-refractivity contribution in [1.82, 2.24) is 15.1 Å². The molecule has 1 aliphatic heterocycles. The first-order valence-corrected chi connectivity index (χ1v) is 8.81. The molecule has 7 nitrogen and oxygen atoms in total. The number of Topliss-reactive ketones (excluding diaryl/α,β-unsaturated/α-hetero) is 1. The zero-order valence-corrected chi connectivity index (χ0v) is 15.1. The summed E-state index contributed by atoms with van der Waals surface area (Å²) in [4.78, 5) is 27.9. The third kappa shape index (κ3) is 3.99. The number of carbonyl (C=O) groups is 2. The molecule has 1 aromatic heterocycles. The summed E-state index contributed by atoms with van der Waals surface area (Å²) in [6.07, 6.45) is 0. The molecule has 0 aliphatic carbocycles. The molecule has 0 saturated carbocycles. The van der Waals surface area contributed by atoms with Crippen molar-refractivity contribution in [2.24, 2.45) is 0 Å². The molecule has 1 N–H and O–H groups in total. The Morgan fingerprint density at radius 2 is 1.62 bits per heavy atom. The molecule has 2 heterocycles. The molecule has 1 saturated heterocycles. The van der Waals surface area contributed by atoms with Crippen LogP contribution in [0.3, 0.4) is 0 Å². The van der Waals surface area contributed by atoms with Crippen LogP contribution in [0, 0.1) is 0 Å². The highest BCUT2D eigenvalue weighted by Crippen LogP contribution is 2.16. The van der Waals surface area contributed by atoms with Crippen molar-refractivity contribution in [2.75, 3.05) is 42.9 Å². The van der Waals surface area contributed by atoms with Gasteiger partial charge in [0.15, 0.2) is 11.6 Å². The molecule has 1 aliphatic rings. The zero-order chi connectivity index (χ0) is 18.5. The van der Waals surface area contributed by atoms with Gasteiger partial charge in [-0.2, -0.15) is 0 Å². The van der Waals surface area contributed by atoms with E-state index < -0.39 is 0 Å². The van der Waals surface area contributed by atoms with Crippen LogP contribution in [-0.2, 0) is 0 Å². The fourth-order valence-corrected chi connectivity index (χ4v) is 2.94. The molecule has 1 aromatic carbocycles. The largest absolute Gasteiger partial charge is 0.369 e. The number of nitrogens with one attached hydrogen (secondary N) is 1. The summed E-state index contributed by atoms with van der Waals surface area (Å²) in [6, 6.07) is 10.7. The summed E-state index contributed by atoms with van der Waals surface area (Å²) >= 11 is 0. The smallest absolute Gasteiger partial charge is 0.253 e. The Kier molecular flexibility index (Phi) is 5.46. The van der Waals surface area contributed by atoms with Crippen molar-refractivity contribution in [3.05, 3.63) is 47.5 Å². The Morgan fingerprint density at radius 3 is 2.15 bits per heavy atom. The molecule has 0 radical (unpaired) electrons. The highest BCUT2D eigenvalue weighted by molar-refractivity contribution is 5.97. The molecular formula is C19H23N5O2. The number of rotatable bonds is 5. The molecule has 136 valence electrons. The van der Waals surface area contributed by atoms with E-state index in [0.29, 0.717) is 37.3 Å². The maximum absolute atomic E-state index is 12.6. The van der Waals surface area contributed by atoms with Gasteiger partial charge in [-0.3, -0.25) is 9.59 Å². The van der Waals surface area contributed by atoms with Gasteiger partial charge in [0.25, 0.3) is 5.91 Å². The molecule has 2 aromatic rings. The van der Waals surface area contributed by atoms with Crippen molar-refractivity contribution in [2.45, 2.75) is 13.8 Å². The normalized spacial score (nSPS) is 14.2. The number of ketones is 1. The number of benzene rings is 1. The fraction of sp³-hybridized carbons (Fsp3) is 0.368. The molecule has 1 amide bonds. The van der Waals surface area contributed by atoms with Crippen molar-refractivity contribution >= 4 is 23.3 Å². The minimum Gasteiger partial charge on any atom is -0.369 e.